The number of likely N-dealkylation sites (N-methyl/N-ethyl adjacent to an activating group) is 1. The average Bonchev–Trinajstić information content (AvgIpc) is 3.12. The zero-order chi connectivity index (χ0) is 40.0. The van der Waals surface area contributed by atoms with Gasteiger partial charge in [0, 0.05) is 12.8 Å². The first kappa shape index (κ1) is 53.0. The number of hydrogen-bond acceptors (Lipinski definition) is 7. The topological polar surface area (TPSA) is 108 Å². The normalized spacial score (nSPS) is 13.5. The largest absolute Gasteiger partial charge is 0.472 e. The number of nitrogens with zero attached hydrogens (tertiary/aromatic N) is 1. The molecule has 0 aromatic carbocycles. The van der Waals surface area contributed by atoms with Gasteiger partial charge >= 0.3 is 19.8 Å². The van der Waals surface area contributed by atoms with Crippen LogP contribution in [0.3, 0.4) is 0 Å². The number of unbranched alkanes of at least 4 members (excludes halogenated alkanes) is 28. The summed E-state index contributed by atoms with van der Waals surface area (Å²) in [5.74, 6) is -0.782. The summed E-state index contributed by atoms with van der Waals surface area (Å²) in [6.45, 7) is 4.46. The van der Waals surface area contributed by atoms with Crippen LogP contribution in [0.25, 0.3) is 0 Å². The molecule has 0 radical (unpaired) electrons. The van der Waals surface area contributed by atoms with Crippen molar-refractivity contribution in [3.8, 4) is 0 Å². The van der Waals surface area contributed by atoms with Gasteiger partial charge in [-0.3, -0.25) is 18.6 Å². The van der Waals surface area contributed by atoms with Crippen LogP contribution in [0, 0.1) is 0 Å². The van der Waals surface area contributed by atoms with Crippen LogP contribution in [0.15, 0.2) is 0 Å². The van der Waals surface area contributed by atoms with Crippen LogP contribution in [0.5, 0.6) is 0 Å². The molecule has 0 rings (SSSR count). The van der Waals surface area contributed by atoms with E-state index in [1.165, 1.54) is 154 Å². The molecule has 0 aliphatic heterocycles. The zero-order valence-electron chi connectivity index (χ0n) is 36.2. The van der Waals surface area contributed by atoms with Gasteiger partial charge in [-0.15, -0.1) is 0 Å². The molecule has 0 bridgehead atoms. The first-order chi connectivity index (χ1) is 26.0. The van der Waals surface area contributed by atoms with Crippen molar-refractivity contribution in [1.82, 2.24) is 0 Å². The van der Waals surface area contributed by atoms with Gasteiger partial charge in [-0.05, 0) is 12.8 Å². The van der Waals surface area contributed by atoms with Gasteiger partial charge in [-0.25, -0.2) is 4.57 Å². The molecule has 0 heterocycles. The molecule has 0 aliphatic carbocycles. The quantitative estimate of drug-likeness (QED) is 0.0214. The van der Waals surface area contributed by atoms with E-state index < -0.39 is 26.5 Å². The number of phosphoric ester groups is 1. The molecule has 0 aliphatic rings. The Labute approximate surface area is 334 Å². The summed E-state index contributed by atoms with van der Waals surface area (Å²) in [6, 6.07) is 0. The monoisotopic (exact) mass is 793 g/mol. The molecule has 0 aromatic rings. The van der Waals surface area contributed by atoms with Gasteiger partial charge in [0.25, 0.3) is 0 Å². The average molecular weight is 793 g/mol. The molecule has 10 heteroatoms. The molecule has 9 nitrogen and oxygen atoms in total. The second-order valence-electron chi connectivity index (χ2n) is 16.8. The fourth-order valence-electron chi connectivity index (χ4n) is 6.54. The molecule has 2 atom stereocenters. The van der Waals surface area contributed by atoms with Gasteiger partial charge in [0.15, 0.2) is 6.10 Å². The summed E-state index contributed by atoms with van der Waals surface area (Å²) in [7, 11) is 1.49. The van der Waals surface area contributed by atoms with Crippen LogP contribution in [0.1, 0.15) is 219 Å². The number of quaternary nitrogens is 1. The van der Waals surface area contributed by atoms with Crippen molar-refractivity contribution in [2.45, 2.75) is 225 Å². The zero-order valence-corrected chi connectivity index (χ0v) is 37.1. The maximum absolute atomic E-state index is 12.7. The molecule has 0 fully saturated rings. The molecular formula is C44H89NO8P+. The number of rotatable bonds is 42. The van der Waals surface area contributed by atoms with Crippen molar-refractivity contribution < 1.29 is 42.1 Å². The Morgan fingerprint density at radius 1 is 0.500 bits per heavy atom. The van der Waals surface area contributed by atoms with Crippen molar-refractivity contribution in [2.24, 2.45) is 0 Å². The Hall–Kier alpha value is -0.990. The fourth-order valence-corrected chi connectivity index (χ4v) is 7.29. The molecule has 54 heavy (non-hydrogen) atoms. The summed E-state index contributed by atoms with van der Waals surface area (Å²) in [4.78, 5) is 35.4. The summed E-state index contributed by atoms with van der Waals surface area (Å²) < 4.78 is 34.3. The van der Waals surface area contributed by atoms with Gasteiger partial charge in [0.2, 0.25) is 0 Å². The van der Waals surface area contributed by atoms with Crippen LogP contribution in [-0.4, -0.2) is 74.9 Å². The lowest BCUT2D eigenvalue weighted by atomic mass is 10.0. The maximum Gasteiger partial charge on any atom is 0.472 e. The van der Waals surface area contributed by atoms with Gasteiger partial charge < -0.3 is 18.9 Å². The standard InChI is InChI=1S/C44H88NO8P/c1-6-8-10-12-14-16-18-20-22-24-26-28-30-32-34-36-43(46)50-40-42(41-52-54(48,49)51-39-38-45(3,4)5)53-44(47)37-35-33-31-29-27-25-23-21-19-17-15-13-11-9-7-2/h42H,6-41H2,1-5H3/p+1/t42-/m1/s1/i43+1,44+1. The summed E-state index contributed by atoms with van der Waals surface area (Å²) in [5.41, 5.74) is 0. The second-order valence-corrected chi connectivity index (χ2v) is 18.3. The van der Waals surface area contributed by atoms with E-state index in [1.54, 1.807) is 0 Å². The molecule has 0 aromatic heterocycles. The number of hydrogen-bond donors (Lipinski definition) is 1. The number of carbonyl (C=O) groups excluding carboxylic acids is 2. The van der Waals surface area contributed by atoms with Crippen LogP contribution in [0.2, 0.25) is 0 Å². The number of phosphoric acid groups is 1. The highest BCUT2D eigenvalue weighted by Crippen LogP contribution is 2.43. The third-order valence-corrected chi connectivity index (χ3v) is 11.1. The minimum atomic E-state index is -4.37. The van der Waals surface area contributed by atoms with Crippen LogP contribution < -0.4 is 0 Å². The van der Waals surface area contributed by atoms with Crippen LogP contribution in [-0.2, 0) is 32.7 Å². The highest BCUT2D eigenvalue weighted by Gasteiger charge is 2.27. The van der Waals surface area contributed by atoms with E-state index in [-0.39, 0.29) is 25.6 Å². The van der Waals surface area contributed by atoms with Crippen molar-refractivity contribution in [1.29, 1.82) is 0 Å². The highest BCUT2D eigenvalue weighted by molar-refractivity contribution is 7.47. The third-order valence-electron chi connectivity index (χ3n) is 10.1. The lowest BCUT2D eigenvalue weighted by Gasteiger charge is -2.24. The van der Waals surface area contributed by atoms with Crippen molar-refractivity contribution >= 4 is 19.8 Å². The second kappa shape index (κ2) is 37.6. The SMILES string of the molecule is CCCCCCCCCCCCCCCCC[13C](=O)OC[C@H](COP(=O)(O)OCC[N+](C)(C)C)O[13C](=O)CCCCCCCCCCCCCCCCC. The molecule has 1 N–H and O–H groups in total. The van der Waals surface area contributed by atoms with E-state index in [2.05, 4.69) is 13.8 Å². The van der Waals surface area contributed by atoms with E-state index >= 15 is 0 Å². The van der Waals surface area contributed by atoms with E-state index in [9.17, 15) is 19.0 Å². The Morgan fingerprint density at radius 3 is 1.19 bits per heavy atom. The third kappa shape index (κ3) is 40.7. The lowest BCUT2D eigenvalue weighted by Crippen LogP contribution is -2.37. The molecular weight excluding hydrogens is 703 g/mol. The van der Waals surface area contributed by atoms with E-state index in [4.69, 9.17) is 18.5 Å². The smallest absolute Gasteiger partial charge is 0.462 e. The predicted octanol–water partition coefficient (Wildman–Crippen LogP) is 12.8. The first-order valence-electron chi connectivity index (χ1n) is 22.8. The van der Waals surface area contributed by atoms with Gasteiger partial charge in [0.1, 0.15) is 19.8 Å². The number of esters is 2. The molecule has 0 saturated heterocycles. The number of carbonyl (C=O) groups is 2. The molecule has 0 spiro atoms. The fraction of sp³-hybridized carbons (Fsp3) is 0.955. The summed E-state index contributed by atoms with van der Waals surface area (Å²) >= 11 is 0. The van der Waals surface area contributed by atoms with E-state index in [0.717, 1.165) is 38.5 Å². The molecule has 1 unspecified atom stereocenters. The first-order valence-corrected chi connectivity index (χ1v) is 24.3. The Kier molecular flexibility index (Phi) is 36.9. The lowest BCUT2D eigenvalue weighted by molar-refractivity contribution is -0.870. The van der Waals surface area contributed by atoms with E-state index in [0.29, 0.717) is 17.4 Å². The predicted molar refractivity (Wildman–Crippen MR) is 225 cm³/mol. The minimum absolute atomic E-state index is 0.0369. The maximum atomic E-state index is 12.7. The summed E-state index contributed by atoms with van der Waals surface area (Å²) in [6.07, 6.45) is 37.1. The van der Waals surface area contributed by atoms with Crippen molar-refractivity contribution in [2.75, 3.05) is 47.5 Å². The Balaban J connectivity index is 4.30. The Morgan fingerprint density at radius 2 is 0.833 bits per heavy atom. The van der Waals surface area contributed by atoms with Gasteiger partial charge in [0.05, 0.1) is 27.7 Å². The highest BCUT2D eigenvalue weighted by atomic mass is 31.2. The molecule has 0 saturated carbocycles. The van der Waals surface area contributed by atoms with Crippen LogP contribution >= 0.6 is 7.82 Å². The van der Waals surface area contributed by atoms with Crippen molar-refractivity contribution in [3.05, 3.63) is 0 Å². The van der Waals surface area contributed by atoms with Crippen molar-refractivity contribution in [3.63, 3.8) is 0 Å². The number of ether oxygens (including phenoxy) is 2. The van der Waals surface area contributed by atoms with Gasteiger partial charge in [-0.1, -0.05) is 194 Å². The molecule has 322 valence electrons. The summed E-state index contributed by atoms with van der Waals surface area (Å²) in [5, 5.41) is 0. The van der Waals surface area contributed by atoms with Crippen LogP contribution in [0.4, 0.5) is 0 Å². The van der Waals surface area contributed by atoms with Gasteiger partial charge in [-0.2, -0.15) is 0 Å². The molecule has 0 amide bonds. The minimum Gasteiger partial charge on any atom is -0.462 e. The Bertz CT molecular complexity index is 896. The van der Waals surface area contributed by atoms with E-state index in [1.807, 2.05) is 21.1 Å².